The van der Waals surface area contributed by atoms with Gasteiger partial charge in [0.15, 0.2) is 0 Å². The number of nitrogens with zero attached hydrogens (tertiary/aromatic N) is 2. The maximum absolute atomic E-state index is 8.60. The van der Waals surface area contributed by atoms with Gasteiger partial charge in [-0.15, -0.1) is 0 Å². The van der Waals surface area contributed by atoms with Crippen LogP contribution in [-0.2, 0) is 11.3 Å². The lowest BCUT2D eigenvalue weighted by atomic mass is 10.1. The minimum absolute atomic E-state index is 0.386. The molecule has 1 aliphatic rings. The summed E-state index contributed by atoms with van der Waals surface area (Å²) in [4.78, 5) is 1.93. The van der Waals surface area contributed by atoms with E-state index in [0.717, 1.165) is 11.3 Å². The fourth-order valence-electron chi connectivity index (χ4n) is 1.49. The summed E-state index contributed by atoms with van der Waals surface area (Å²) in [5.74, 6) is 0. The second-order valence-corrected chi connectivity index (χ2v) is 2.96. The molecule has 0 spiro atoms. The Balaban J connectivity index is 2.32. The van der Waals surface area contributed by atoms with E-state index in [1.165, 1.54) is 0 Å². The molecule has 0 radical (unpaired) electrons. The number of benzene rings is 1. The van der Waals surface area contributed by atoms with Gasteiger partial charge in [0.25, 0.3) is 0 Å². The minimum atomic E-state index is 0.386. The molecule has 13 heavy (non-hydrogen) atoms. The van der Waals surface area contributed by atoms with Gasteiger partial charge >= 0.3 is 0 Å². The molecule has 0 fully saturated rings. The molecule has 0 unspecified atom stereocenters. The van der Waals surface area contributed by atoms with Gasteiger partial charge in [0.2, 0.25) is 0 Å². The van der Waals surface area contributed by atoms with E-state index >= 15 is 0 Å². The Hall–Kier alpha value is -1.53. The van der Waals surface area contributed by atoms with Crippen molar-refractivity contribution in [1.29, 1.82) is 5.26 Å². The summed E-state index contributed by atoms with van der Waals surface area (Å²) in [6.45, 7) is 1.56. The monoisotopic (exact) mass is 174 g/mol. The van der Waals surface area contributed by atoms with E-state index in [-0.39, 0.29) is 0 Å². The predicted molar refractivity (Wildman–Crippen MR) is 49.1 cm³/mol. The average molecular weight is 174 g/mol. The molecule has 0 bridgehead atoms. The van der Waals surface area contributed by atoms with Crippen molar-refractivity contribution in [1.82, 2.24) is 0 Å². The molecule has 1 aromatic carbocycles. The molecule has 0 saturated carbocycles. The van der Waals surface area contributed by atoms with Gasteiger partial charge in [0.1, 0.15) is 13.3 Å². The van der Waals surface area contributed by atoms with Crippen LogP contribution in [-0.4, -0.2) is 13.3 Å². The van der Waals surface area contributed by atoms with Crippen LogP contribution in [0, 0.1) is 11.3 Å². The number of fused-ring (bicyclic) bond motifs is 1. The molecular weight excluding hydrogens is 164 g/mol. The van der Waals surface area contributed by atoms with Crippen LogP contribution in [0.3, 0.4) is 0 Å². The van der Waals surface area contributed by atoms with E-state index in [1.807, 2.05) is 29.2 Å². The standard InChI is InChI=1S/C10H10N2O/c11-5-6-12-8-13-7-9-3-1-2-4-10(9)12/h1-4H,6-8H2. The van der Waals surface area contributed by atoms with E-state index in [9.17, 15) is 0 Å². The molecule has 66 valence electrons. The minimum Gasteiger partial charge on any atom is -0.356 e. The van der Waals surface area contributed by atoms with Crippen molar-refractivity contribution in [3.05, 3.63) is 29.8 Å². The molecule has 1 aromatic rings. The zero-order valence-corrected chi connectivity index (χ0v) is 7.23. The third kappa shape index (κ3) is 1.49. The molecule has 0 aromatic heterocycles. The van der Waals surface area contributed by atoms with Gasteiger partial charge in [-0.25, -0.2) is 0 Å². The van der Waals surface area contributed by atoms with Crippen LogP contribution < -0.4 is 4.90 Å². The fourth-order valence-corrected chi connectivity index (χ4v) is 1.49. The smallest absolute Gasteiger partial charge is 0.120 e. The lowest BCUT2D eigenvalue weighted by molar-refractivity contribution is 0.112. The molecule has 1 heterocycles. The van der Waals surface area contributed by atoms with Crippen LogP contribution in [0.2, 0.25) is 0 Å². The van der Waals surface area contributed by atoms with Crippen LogP contribution >= 0.6 is 0 Å². The van der Waals surface area contributed by atoms with Crippen LogP contribution in [0.15, 0.2) is 24.3 Å². The predicted octanol–water partition coefficient (Wildman–Crippen LogP) is 1.50. The van der Waals surface area contributed by atoms with E-state index < -0.39 is 0 Å². The number of para-hydroxylation sites is 1. The van der Waals surface area contributed by atoms with Crippen LogP contribution in [0.5, 0.6) is 0 Å². The highest BCUT2D eigenvalue weighted by Crippen LogP contribution is 2.24. The van der Waals surface area contributed by atoms with E-state index in [0.29, 0.717) is 19.9 Å². The maximum atomic E-state index is 8.60. The maximum Gasteiger partial charge on any atom is 0.120 e. The molecule has 1 aliphatic heterocycles. The molecule has 0 aliphatic carbocycles. The van der Waals surface area contributed by atoms with Crippen LogP contribution in [0.25, 0.3) is 0 Å². The second kappa shape index (κ2) is 3.46. The lowest BCUT2D eigenvalue weighted by Crippen LogP contribution is -2.30. The molecule has 0 atom stereocenters. The first-order valence-corrected chi connectivity index (χ1v) is 4.19. The van der Waals surface area contributed by atoms with E-state index in [4.69, 9.17) is 10.00 Å². The van der Waals surface area contributed by atoms with Crippen molar-refractivity contribution in [2.45, 2.75) is 6.61 Å². The van der Waals surface area contributed by atoms with Crippen molar-refractivity contribution >= 4 is 5.69 Å². The van der Waals surface area contributed by atoms with Gasteiger partial charge in [0.05, 0.1) is 12.7 Å². The highest BCUT2D eigenvalue weighted by atomic mass is 16.5. The van der Waals surface area contributed by atoms with Crippen molar-refractivity contribution in [3.63, 3.8) is 0 Å². The zero-order chi connectivity index (χ0) is 9.10. The summed E-state index contributed by atoms with van der Waals surface area (Å²) in [7, 11) is 0. The Bertz CT molecular complexity index is 343. The third-order valence-corrected chi connectivity index (χ3v) is 2.10. The number of hydrogen-bond acceptors (Lipinski definition) is 3. The van der Waals surface area contributed by atoms with Gasteiger partial charge in [-0.3, -0.25) is 0 Å². The first kappa shape index (κ1) is 8.09. The van der Waals surface area contributed by atoms with Gasteiger partial charge in [-0.05, 0) is 6.07 Å². The Morgan fingerprint density at radius 1 is 1.46 bits per heavy atom. The lowest BCUT2D eigenvalue weighted by Gasteiger charge is -2.28. The Morgan fingerprint density at radius 2 is 2.31 bits per heavy atom. The van der Waals surface area contributed by atoms with Crippen LogP contribution in [0.1, 0.15) is 5.56 Å². The summed E-state index contributed by atoms with van der Waals surface area (Å²) in [6.07, 6.45) is 0. The normalized spacial score (nSPS) is 14.8. The SMILES string of the molecule is N#CCN1COCc2ccccc21. The van der Waals surface area contributed by atoms with Gasteiger partial charge < -0.3 is 9.64 Å². The summed E-state index contributed by atoms with van der Waals surface area (Å²) in [5, 5.41) is 8.60. The number of anilines is 1. The molecule has 0 saturated heterocycles. The van der Waals surface area contributed by atoms with Crippen molar-refractivity contribution in [2.24, 2.45) is 0 Å². The number of nitriles is 1. The number of ether oxygens (including phenoxy) is 1. The molecule has 0 amide bonds. The molecule has 3 nitrogen and oxygen atoms in total. The molecule has 3 heteroatoms. The quantitative estimate of drug-likeness (QED) is 0.605. The van der Waals surface area contributed by atoms with Crippen molar-refractivity contribution in [2.75, 3.05) is 18.2 Å². The second-order valence-electron chi connectivity index (χ2n) is 2.96. The topological polar surface area (TPSA) is 36.3 Å². The zero-order valence-electron chi connectivity index (χ0n) is 7.23. The largest absolute Gasteiger partial charge is 0.356 e. The van der Waals surface area contributed by atoms with Gasteiger partial charge in [-0.2, -0.15) is 5.26 Å². The fraction of sp³-hybridized carbons (Fsp3) is 0.300. The van der Waals surface area contributed by atoms with Gasteiger partial charge in [0, 0.05) is 11.3 Å². The number of rotatable bonds is 1. The summed E-state index contributed by atoms with van der Waals surface area (Å²) < 4.78 is 5.34. The Labute approximate surface area is 77.2 Å². The first-order chi connectivity index (χ1) is 6.42. The Morgan fingerprint density at radius 3 is 3.15 bits per heavy atom. The molecular formula is C10H10N2O. The third-order valence-electron chi connectivity index (χ3n) is 2.10. The summed E-state index contributed by atoms with van der Waals surface area (Å²) in [5.41, 5.74) is 2.28. The van der Waals surface area contributed by atoms with E-state index in [2.05, 4.69) is 6.07 Å². The van der Waals surface area contributed by atoms with Crippen molar-refractivity contribution < 1.29 is 4.74 Å². The number of hydrogen-bond donors (Lipinski definition) is 0. The first-order valence-electron chi connectivity index (χ1n) is 4.19. The summed E-state index contributed by atoms with van der Waals surface area (Å²) >= 11 is 0. The average Bonchev–Trinajstić information content (AvgIpc) is 2.19. The molecule has 2 rings (SSSR count). The molecule has 0 N–H and O–H groups in total. The van der Waals surface area contributed by atoms with E-state index in [1.54, 1.807) is 0 Å². The van der Waals surface area contributed by atoms with Gasteiger partial charge in [-0.1, -0.05) is 18.2 Å². The Kier molecular flexibility index (Phi) is 2.15. The van der Waals surface area contributed by atoms with Crippen molar-refractivity contribution in [3.8, 4) is 6.07 Å². The van der Waals surface area contributed by atoms with Crippen LogP contribution in [0.4, 0.5) is 5.69 Å². The highest BCUT2D eigenvalue weighted by molar-refractivity contribution is 5.54. The summed E-state index contributed by atoms with van der Waals surface area (Å²) in [6, 6.07) is 10.1. The highest BCUT2D eigenvalue weighted by Gasteiger charge is 2.15.